The Balaban J connectivity index is 1.27. The quantitative estimate of drug-likeness (QED) is 0.296. The van der Waals surface area contributed by atoms with E-state index in [4.69, 9.17) is 29.4 Å². The Hall–Kier alpha value is -1.71. The molecule has 4 saturated carbocycles. The van der Waals surface area contributed by atoms with E-state index in [2.05, 4.69) is 13.8 Å². The van der Waals surface area contributed by atoms with E-state index >= 15 is 0 Å². The van der Waals surface area contributed by atoms with E-state index < -0.39 is 24.5 Å². The Kier molecular flexibility index (Phi) is 8.07. The summed E-state index contributed by atoms with van der Waals surface area (Å²) in [6.07, 6.45) is 7.05. The standard InChI is InChI=1S/C31H49NO8/c1-17-25(38-18(2)33)16-26(39-19(3)34)28(37-17)40-21-9-12-29(4)20(15-21)7-8-23-22(29)10-13-30(5)24(27(35)36-6)11-14-31(23,30)32/h17,20-26,28H,7-16,32H2,1-6H3/t17-,20+,21-,22-,23+,24+,25+,26+,28-,29-,30+,31-/m0/s1. The van der Waals surface area contributed by atoms with Crippen LogP contribution in [0.4, 0.5) is 0 Å². The van der Waals surface area contributed by atoms with Gasteiger partial charge in [-0.15, -0.1) is 0 Å². The zero-order valence-electron chi connectivity index (χ0n) is 25.1. The van der Waals surface area contributed by atoms with Gasteiger partial charge in [0, 0.05) is 25.8 Å². The molecule has 12 atom stereocenters. The molecule has 226 valence electrons. The molecule has 0 unspecified atom stereocenters. The molecule has 0 bridgehead atoms. The molecule has 1 aliphatic heterocycles. The van der Waals surface area contributed by atoms with Crippen molar-refractivity contribution in [1.82, 2.24) is 0 Å². The predicted octanol–water partition coefficient (Wildman–Crippen LogP) is 4.28. The van der Waals surface area contributed by atoms with Crippen molar-refractivity contribution in [3.63, 3.8) is 0 Å². The summed E-state index contributed by atoms with van der Waals surface area (Å²) in [4.78, 5) is 36.1. The van der Waals surface area contributed by atoms with Gasteiger partial charge in [-0.25, -0.2) is 0 Å². The van der Waals surface area contributed by atoms with E-state index in [-0.39, 0.29) is 46.4 Å². The molecule has 0 aromatic heterocycles. The first-order valence-corrected chi connectivity index (χ1v) is 15.3. The molecular formula is C31H49NO8. The molecule has 9 nitrogen and oxygen atoms in total. The molecule has 0 amide bonds. The van der Waals surface area contributed by atoms with Gasteiger partial charge in [-0.2, -0.15) is 0 Å². The van der Waals surface area contributed by atoms with Crippen LogP contribution in [0.2, 0.25) is 0 Å². The van der Waals surface area contributed by atoms with Gasteiger partial charge in [0.15, 0.2) is 12.4 Å². The summed E-state index contributed by atoms with van der Waals surface area (Å²) in [6.45, 7) is 9.31. The average molecular weight is 564 g/mol. The van der Waals surface area contributed by atoms with E-state index in [0.717, 1.165) is 57.8 Å². The van der Waals surface area contributed by atoms with Crippen molar-refractivity contribution in [1.29, 1.82) is 0 Å². The Morgan fingerprint density at radius 3 is 2.23 bits per heavy atom. The minimum Gasteiger partial charge on any atom is -0.469 e. The number of hydrogen-bond acceptors (Lipinski definition) is 9. The van der Waals surface area contributed by atoms with E-state index in [1.165, 1.54) is 21.0 Å². The summed E-state index contributed by atoms with van der Waals surface area (Å²) < 4.78 is 28.9. The smallest absolute Gasteiger partial charge is 0.309 e. The third-order valence-corrected chi connectivity index (χ3v) is 12.0. The van der Waals surface area contributed by atoms with Crippen LogP contribution < -0.4 is 5.73 Å². The molecule has 5 rings (SSSR count). The highest BCUT2D eigenvalue weighted by atomic mass is 16.7. The van der Waals surface area contributed by atoms with Crippen LogP contribution in [0, 0.1) is 34.5 Å². The zero-order valence-corrected chi connectivity index (χ0v) is 25.1. The van der Waals surface area contributed by atoms with Gasteiger partial charge in [0.1, 0.15) is 6.10 Å². The van der Waals surface area contributed by atoms with Crippen LogP contribution in [0.3, 0.4) is 0 Å². The van der Waals surface area contributed by atoms with Crippen molar-refractivity contribution in [2.75, 3.05) is 7.11 Å². The van der Waals surface area contributed by atoms with Crippen molar-refractivity contribution in [2.45, 2.75) is 135 Å². The molecular weight excluding hydrogens is 514 g/mol. The van der Waals surface area contributed by atoms with E-state index in [1.54, 1.807) is 0 Å². The molecule has 5 fully saturated rings. The maximum Gasteiger partial charge on any atom is 0.309 e. The highest BCUT2D eigenvalue weighted by Gasteiger charge is 2.67. The first-order chi connectivity index (χ1) is 18.8. The van der Waals surface area contributed by atoms with Gasteiger partial charge in [0.05, 0.1) is 25.2 Å². The van der Waals surface area contributed by atoms with Gasteiger partial charge in [-0.3, -0.25) is 14.4 Å². The Morgan fingerprint density at radius 2 is 1.55 bits per heavy atom. The summed E-state index contributed by atoms with van der Waals surface area (Å²) in [5.74, 6) is 0.455. The summed E-state index contributed by atoms with van der Waals surface area (Å²) in [6, 6.07) is 0. The SMILES string of the molecule is COC(=O)[C@H]1CC[C@]2(N)[C@@H]3CC[C@@H]4C[C@@H](O[C@@H]5O[C@@H](C)[C@H](OC(C)=O)C[C@H]5OC(C)=O)CC[C@]4(C)[C@H]3CC[C@]12C. The van der Waals surface area contributed by atoms with Crippen LogP contribution in [0.1, 0.15) is 98.8 Å². The first-order valence-electron chi connectivity index (χ1n) is 15.3. The Morgan fingerprint density at radius 1 is 0.850 bits per heavy atom. The van der Waals surface area contributed by atoms with Crippen LogP contribution in [0.5, 0.6) is 0 Å². The highest BCUT2D eigenvalue weighted by molar-refractivity contribution is 5.74. The van der Waals surface area contributed by atoms with Gasteiger partial charge >= 0.3 is 17.9 Å². The number of ether oxygens (including phenoxy) is 5. The van der Waals surface area contributed by atoms with E-state index in [9.17, 15) is 14.4 Å². The lowest BCUT2D eigenvalue weighted by molar-refractivity contribution is -0.288. The number of fused-ring (bicyclic) bond motifs is 5. The fourth-order valence-electron chi connectivity index (χ4n) is 9.83. The Labute approximate surface area is 238 Å². The van der Waals surface area contributed by atoms with E-state index in [0.29, 0.717) is 24.2 Å². The second-order valence-electron chi connectivity index (χ2n) is 13.9. The molecule has 0 aromatic carbocycles. The number of hydrogen-bond donors (Lipinski definition) is 1. The first kappa shape index (κ1) is 29.8. The largest absolute Gasteiger partial charge is 0.469 e. The lowest BCUT2D eigenvalue weighted by Gasteiger charge is -2.64. The highest BCUT2D eigenvalue weighted by Crippen LogP contribution is 2.68. The van der Waals surface area contributed by atoms with Crippen molar-refractivity contribution in [3.8, 4) is 0 Å². The summed E-state index contributed by atoms with van der Waals surface area (Å²) in [5.41, 5.74) is 6.98. The molecule has 4 aliphatic carbocycles. The zero-order chi connectivity index (χ0) is 29.0. The molecule has 40 heavy (non-hydrogen) atoms. The monoisotopic (exact) mass is 563 g/mol. The van der Waals surface area contributed by atoms with Crippen molar-refractivity contribution >= 4 is 17.9 Å². The number of esters is 3. The number of methoxy groups -OCH3 is 1. The molecule has 2 N–H and O–H groups in total. The minimum absolute atomic E-state index is 0.00559. The fourth-order valence-corrected chi connectivity index (χ4v) is 9.83. The fraction of sp³-hybridized carbons (Fsp3) is 0.903. The van der Waals surface area contributed by atoms with Crippen LogP contribution in [-0.4, -0.2) is 61.3 Å². The van der Waals surface area contributed by atoms with Crippen molar-refractivity contribution in [2.24, 2.45) is 40.2 Å². The second kappa shape index (κ2) is 10.8. The summed E-state index contributed by atoms with van der Waals surface area (Å²) in [7, 11) is 1.49. The van der Waals surface area contributed by atoms with E-state index in [1.807, 2.05) is 6.92 Å². The van der Waals surface area contributed by atoms with Crippen LogP contribution in [0.15, 0.2) is 0 Å². The topological polar surface area (TPSA) is 123 Å². The van der Waals surface area contributed by atoms with Gasteiger partial charge in [-0.1, -0.05) is 13.8 Å². The maximum absolute atomic E-state index is 12.7. The average Bonchev–Trinajstić information content (AvgIpc) is 3.17. The normalized spacial score (nSPS) is 48.2. The minimum atomic E-state index is -0.687. The molecule has 9 heteroatoms. The number of rotatable bonds is 5. The summed E-state index contributed by atoms with van der Waals surface area (Å²) in [5, 5.41) is 0. The predicted molar refractivity (Wildman–Crippen MR) is 146 cm³/mol. The maximum atomic E-state index is 12.7. The Bertz CT molecular complexity index is 1000. The molecule has 1 saturated heterocycles. The third kappa shape index (κ3) is 4.87. The molecule has 0 spiro atoms. The van der Waals surface area contributed by atoms with Crippen molar-refractivity contribution in [3.05, 3.63) is 0 Å². The number of carbonyl (C=O) groups is 3. The van der Waals surface area contributed by atoms with Gasteiger partial charge in [-0.05, 0) is 93.3 Å². The lowest BCUT2D eigenvalue weighted by Crippen LogP contribution is -2.66. The van der Waals surface area contributed by atoms with Gasteiger partial charge < -0.3 is 29.4 Å². The third-order valence-electron chi connectivity index (χ3n) is 12.0. The van der Waals surface area contributed by atoms with Gasteiger partial charge in [0.2, 0.25) is 0 Å². The van der Waals surface area contributed by atoms with Crippen LogP contribution in [0.25, 0.3) is 0 Å². The number of nitrogens with two attached hydrogens (primary N) is 1. The molecule has 1 heterocycles. The molecule has 0 radical (unpaired) electrons. The molecule has 0 aromatic rings. The van der Waals surface area contributed by atoms with Crippen molar-refractivity contribution < 1.29 is 38.1 Å². The lowest BCUT2D eigenvalue weighted by atomic mass is 9.42. The van der Waals surface area contributed by atoms with Crippen LogP contribution >= 0.6 is 0 Å². The van der Waals surface area contributed by atoms with Gasteiger partial charge in [0.25, 0.3) is 0 Å². The second-order valence-corrected chi connectivity index (χ2v) is 13.9. The van der Waals surface area contributed by atoms with Crippen LogP contribution in [-0.2, 0) is 38.1 Å². The molecule has 5 aliphatic rings. The summed E-state index contributed by atoms with van der Waals surface area (Å²) >= 11 is 0. The number of carbonyl (C=O) groups excluding carboxylic acids is 3.